The average molecular weight is 326 g/mol. The average Bonchev–Trinajstić information content (AvgIpc) is 2.52. The van der Waals surface area contributed by atoms with E-state index in [4.69, 9.17) is 0 Å². The molecule has 1 aromatic heterocycles. The van der Waals surface area contributed by atoms with Crippen LogP contribution >= 0.6 is 0 Å². The van der Waals surface area contributed by atoms with Crippen molar-refractivity contribution in [1.29, 1.82) is 0 Å². The standard InChI is InChI=1S/C14H17F3N6/c1-3-8-19-12-21-11(18-2)22-13(23-12)20-10-6-4-9(5-7-10)14(15,16)17/h4-7H,3,8H2,1-2H3,(H3,18,19,20,21,22,23). The Morgan fingerprint density at radius 3 is 2.13 bits per heavy atom. The van der Waals surface area contributed by atoms with Crippen molar-refractivity contribution in [3.05, 3.63) is 29.8 Å². The summed E-state index contributed by atoms with van der Waals surface area (Å²) in [6.07, 6.45) is -3.45. The molecule has 3 N–H and O–H groups in total. The van der Waals surface area contributed by atoms with Gasteiger partial charge in [-0.05, 0) is 30.7 Å². The van der Waals surface area contributed by atoms with Crippen molar-refractivity contribution in [1.82, 2.24) is 15.0 Å². The van der Waals surface area contributed by atoms with Gasteiger partial charge in [0.25, 0.3) is 0 Å². The van der Waals surface area contributed by atoms with Crippen molar-refractivity contribution in [2.45, 2.75) is 19.5 Å². The lowest BCUT2D eigenvalue weighted by Crippen LogP contribution is -2.10. The van der Waals surface area contributed by atoms with E-state index >= 15 is 0 Å². The van der Waals surface area contributed by atoms with Crippen LogP contribution in [0.3, 0.4) is 0 Å². The van der Waals surface area contributed by atoms with E-state index in [2.05, 4.69) is 30.9 Å². The number of halogens is 3. The maximum atomic E-state index is 12.5. The number of alkyl halides is 3. The van der Waals surface area contributed by atoms with Gasteiger partial charge in [-0.3, -0.25) is 0 Å². The summed E-state index contributed by atoms with van der Waals surface area (Å²) in [5.41, 5.74) is -0.257. The van der Waals surface area contributed by atoms with Crippen molar-refractivity contribution >= 4 is 23.5 Å². The smallest absolute Gasteiger partial charge is 0.357 e. The maximum absolute atomic E-state index is 12.5. The fourth-order valence-electron chi connectivity index (χ4n) is 1.73. The maximum Gasteiger partial charge on any atom is 0.416 e. The predicted molar refractivity (Wildman–Crippen MR) is 82.9 cm³/mol. The van der Waals surface area contributed by atoms with Gasteiger partial charge in [0.05, 0.1) is 5.56 Å². The first-order valence-corrected chi connectivity index (χ1v) is 7.04. The number of benzene rings is 1. The van der Waals surface area contributed by atoms with Crippen molar-refractivity contribution in [2.24, 2.45) is 0 Å². The lowest BCUT2D eigenvalue weighted by atomic mass is 10.2. The van der Waals surface area contributed by atoms with E-state index in [0.29, 0.717) is 24.1 Å². The topological polar surface area (TPSA) is 74.8 Å². The highest BCUT2D eigenvalue weighted by molar-refractivity contribution is 5.56. The third-order valence-corrected chi connectivity index (χ3v) is 2.86. The Hall–Kier alpha value is -2.58. The van der Waals surface area contributed by atoms with Gasteiger partial charge in [-0.25, -0.2) is 0 Å². The number of hydrogen-bond donors (Lipinski definition) is 3. The van der Waals surface area contributed by atoms with Crippen LogP contribution in [0.5, 0.6) is 0 Å². The number of nitrogens with one attached hydrogen (secondary N) is 3. The molecule has 0 saturated carbocycles. The first kappa shape index (κ1) is 16.8. The van der Waals surface area contributed by atoms with Gasteiger partial charge in [0.1, 0.15) is 0 Å². The van der Waals surface area contributed by atoms with Crippen LogP contribution in [0.4, 0.5) is 36.7 Å². The molecule has 0 saturated heterocycles. The summed E-state index contributed by atoms with van der Waals surface area (Å²) in [7, 11) is 1.67. The molecule has 23 heavy (non-hydrogen) atoms. The number of hydrogen-bond acceptors (Lipinski definition) is 6. The highest BCUT2D eigenvalue weighted by atomic mass is 19.4. The second-order valence-corrected chi connectivity index (χ2v) is 4.68. The summed E-state index contributed by atoms with van der Waals surface area (Å²) in [6.45, 7) is 2.71. The Bertz CT molecular complexity index is 642. The Morgan fingerprint density at radius 2 is 1.57 bits per heavy atom. The quantitative estimate of drug-likeness (QED) is 0.754. The molecule has 0 aliphatic heterocycles. The lowest BCUT2D eigenvalue weighted by Gasteiger charge is -2.11. The van der Waals surface area contributed by atoms with Gasteiger partial charge < -0.3 is 16.0 Å². The Morgan fingerprint density at radius 1 is 0.957 bits per heavy atom. The fourth-order valence-corrected chi connectivity index (χ4v) is 1.73. The van der Waals surface area contributed by atoms with E-state index in [1.165, 1.54) is 12.1 Å². The molecular weight excluding hydrogens is 309 g/mol. The zero-order valence-corrected chi connectivity index (χ0v) is 12.7. The molecule has 6 nitrogen and oxygen atoms in total. The summed E-state index contributed by atoms with van der Waals surface area (Å²) in [5.74, 6) is 0.983. The molecule has 0 radical (unpaired) electrons. The highest BCUT2D eigenvalue weighted by Crippen LogP contribution is 2.30. The van der Waals surface area contributed by atoms with Crippen LogP contribution in [0.1, 0.15) is 18.9 Å². The zero-order valence-electron chi connectivity index (χ0n) is 12.7. The molecule has 9 heteroatoms. The fraction of sp³-hybridized carbons (Fsp3) is 0.357. The summed E-state index contributed by atoms with van der Waals surface area (Å²) >= 11 is 0. The predicted octanol–water partition coefficient (Wildman–Crippen LogP) is 3.50. The number of anilines is 4. The zero-order chi connectivity index (χ0) is 16.9. The van der Waals surface area contributed by atoms with E-state index in [9.17, 15) is 13.2 Å². The summed E-state index contributed by atoms with van der Waals surface area (Å²) in [5, 5.41) is 8.71. The van der Waals surface area contributed by atoms with Crippen molar-refractivity contribution in [3.63, 3.8) is 0 Å². The van der Waals surface area contributed by atoms with Gasteiger partial charge in [0.2, 0.25) is 17.8 Å². The monoisotopic (exact) mass is 326 g/mol. The molecule has 1 aromatic carbocycles. The molecule has 0 atom stereocenters. The minimum atomic E-state index is -4.36. The van der Waals surface area contributed by atoms with Crippen LogP contribution in [0, 0.1) is 0 Å². The molecule has 2 rings (SSSR count). The molecule has 0 unspecified atom stereocenters. The Kier molecular flexibility index (Phi) is 5.20. The minimum absolute atomic E-state index is 0.239. The highest BCUT2D eigenvalue weighted by Gasteiger charge is 2.29. The molecule has 124 valence electrons. The number of aromatic nitrogens is 3. The Balaban J connectivity index is 2.18. The van der Waals surface area contributed by atoms with Gasteiger partial charge >= 0.3 is 6.18 Å². The molecule has 0 aliphatic carbocycles. The van der Waals surface area contributed by atoms with E-state index in [1.54, 1.807) is 7.05 Å². The van der Waals surface area contributed by atoms with Gasteiger partial charge in [0.15, 0.2) is 0 Å². The summed E-state index contributed by atoms with van der Waals surface area (Å²) in [6, 6.07) is 4.65. The third kappa shape index (κ3) is 4.70. The van der Waals surface area contributed by atoms with Crippen LogP contribution in [0.15, 0.2) is 24.3 Å². The lowest BCUT2D eigenvalue weighted by molar-refractivity contribution is -0.137. The van der Waals surface area contributed by atoms with E-state index in [-0.39, 0.29) is 5.95 Å². The van der Waals surface area contributed by atoms with Crippen LogP contribution in [-0.4, -0.2) is 28.5 Å². The van der Waals surface area contributed by atoms with E-state index in [1.807, 2.05) is 6.92 Å². The van der Waals surface area contributed by atoms with Gasteiger partial charge in [-0.15, -0.1) is 0 Å². The third-order valence-electron chi connectivity index (χ3n) is 2.86. The molecule has 2 aromatic rings. The number of nitrogens with zero attached hydrogens (tertiary/aromatic N) is 3. The number of rotatable bonds is 6. The van der Waals surface area contributed by atoms with Gasteiger partial charge in [-0.1, -0.05) is 6.92 Å². The molecule has 0 aliphatic rings. The second kappa shape index (κ2) is 7.12. The largest absolute Gasteiger partial charge is 0.416 e. The molecule has 1 heterocycles. The first-order valence-electron chi connectivity index (χ1n) is 7.04. The van der Waals surface area contributed by atoms with E-state index < -0.39 is 11.7 Å². The first-order chi connectivity index (χ1) is 10.9. The van der Waals surface area contributed by atoms with Crippen LogP contribution < -0.4 is 16.0 Å². The minimum Gasteiger partial charge on any atom is -0.357 e. The van der Waals surface area contributed by atoms with Crippen molar-refractivity contribution in [2.75, 3.05) is 29.5 Å². The van der Waals surface area contributed by atoms with Crippen molar-refractivity contribution in [3.8, 4) is 0 Å². The van der Waals surface area contributed by atoms with Crippen LogP contribution in [0.2, 0.25) is 0 Å². The van der Waals surface area contributed by atoms with Gasteiger partial charge in [-0.2, -0.15) is 28.1 Å². The second-order valence-electron chi connectivity index (χ2n) is 4.68. The Labute approximate surface area is 131 Å². The molecule has 0 amide bonds. The van der Waals surface area contributed by atoms with Crippen molar-refractivity contribution < 1.29 is 13.2 Å². The van der Waals surface area contributed by atoms with Gasteiger partial charge in [0, 0.05) is 19.3 Å². The van der Waals surface area contributed by atoms with Crippen LogP contribution in [0.25, 0.3) is 0 Å². The summed E-state index contributed by atoms with van der Waals surface area (Å²) < 4.78 is 37.6. The summed E-state index contributed by atoms with van der Waals surface area (Å²) in [4.78, 5) is 12.4. The molecule has 0 bridgehead atoms. The van der Waals surface area contributed by atoms with Crippen LogP contribution in [-0.2, 0) is 6.18 Å². The SMILES string of the molecule is CCCNc1nc(NC)nc(Nc2ccc(C(F)(F)F)cc2)n1. The molecule has 0 fully saturated rings. The van der Waals surface area contributed by atoms with E-state index in [0.717, 1.165) is 18.6 Å². The molecular formula is C14H17F3N6. The molecule has 0 spiro atoms. The normalized spacial score (nSPS) is 11.2.